The molecular weight excluding hydrogens is 312 g/mol. The van der Waals surface area contributed by atoms with Crippen LogP contribution in [0, 0.1) is 0 Å². The lowest BCUT2D eigenvalue weighted by Crippen LogP contribution is -2.34. The second-order valence-electron chi connectivity index (χ2n) is 4.72. The van der Waals surface area contributed by atoms with Crippen molar-refractivity contribution in [3.8, 4) is 5.75 Å². The summed E-state index contributed by atoms with van der Waals surface area (Å²) in [6, 6.07) is 10.4. The summed E-state index contributed by atoms with van der Waals surface area (Å²) < 4.78 is 32.6. The summed E-state index contributed by atoms with van der Waals surface area (Å²) in [5.74, 6) is 0.814. The number of hydrogen-bond donors (Lipinski definition) is 1. The highest BCUT2D eigenvalue weighted by Crippen LogP contribution is 2.27. The molecule has 0 bridgehead atoms. The topological polar surface area (TPSA) is 68.3 Å². The predicted molar refractivity (Wildman–Crippen MR) is 79.0 cm³/mol. The fourth-order valence-corrected chi connectivity index (χ4v) is 3.52. The average molecular weight is 325 g/mol. The van der Waals surface area contributed by atoms with Gasteiger partial charge in [0.1, 0.15) is 17.0 Å². The van der Waals surface area contributed by atoms with Crippen LogP contribution >= 0.6 is 11.6 Å². The van der Waals surface area contributed by atoms with Crippen LogP contribution in [-0.4, -0.2) is 26.1 Å². The van der Waals surface area contributed by atoms with Crippen LogP contribution in [0.5, 0.6) is 5.75 Å². The third-order valence-corrected chi connectivity index (χ3v) is 4.85. The Labute approximate surface area is 128 Å². The molecule has 2 aromatic rings. The van der Waals surface area contributed by atoms with Gasteiger partial charge in [-0.25, -0.2) is 18.1 Å². The summed E-state index contributed by atoms with van der Waals surface area (Å²) in [7, 11) is -3.61. The van der Waals surface area contributed by atoms with Gasteiger partial charge in [-0.3, -0.25) is 0 Å². The molecule has 1 N–H and O–H groups in total. The first-order chi connectivity index (χ1) is 10.0. The Balaban J connectivity index is 1.66. The van der Waals surface area contributed by atoms with Gasteiger partial charge in [0.25, 0.3) is 0 Å². The Morgan fingerprint density at radius 1 is 1.33 bits per heavy atom. The first-order valence-corrected chi connectivity index (χ1v) is 8.26. The molecule has 0 radical (unpaired) electrons. The number of aromatic nitrogens is 1. The van der Waals surface area contributed by atoms with Crippen LogP contribution in [0.4, 0.5) is 0 Å². The van der Waals surface area contributed by atoms with Crippen molar-refractivity contribution in [2.24, 2.45) is 0 Å². The number of pyridine rings is 1. The largest absolute Gasteiger partial charge is 0.488 e. The Morgan fingerprint density at radius 2 is 2.14 bits per heavy atom. The number of benzene rings is 1. The molecule has 1 aromatic carbocycles. The smallest absolute Gasteiger partial charge is 0.240 e. The highest BCUT2D eigenvalue weighted by atomic mass is 35.5. The monoisotopic (exact) mass is 324 g/mol. The molecule has 1 aliphatic heterocycles. The first-order valence-electron chi connectivity index (χ1n) is 6.40. The molecule has 0 amide bonds. The van der Waals surface area contributed by atoms with Crippen LogP contribution in [0.2, 0.25) is 5.15 Å². The number of nitrogens with zero attached hydrogens (tertiary/aromatic N) is 1. The Kier molecular flexibility index (Phi) is 3.84. The van der Waals surface area contributed by atoms with Gasteiger partial charge >= 0.3 is 0 Å². The summed E-state index contributed by atoms with van der Waals surface area (Å²) in [6.45, 7) is 0.205. The molecule has 21 heavy (non-hydrogen) atoms. The van der Waals surface area contributed by atoms with Crippen molar-refractivity contribution in [1.82, 2.24) is 9.71 Å². The summed E-state index contributed by atoms with van der Waals surface area (Å²) >= 11 is 5.71. The van der Waals surface area contributed by atoms with E-state index in [1.807, 2.05) is 24.3 Å². The quantitative estimate of drug-likeness (QED) is 0.874. The molecular formula is C14H13ClN2O3S. The lowest BCUT2D eigenvalue weighted by Gasteiger charge is -2.12. The molecule has 0 saturated heterocycles. The molecule has 3 rings (SSSR count). The fraction of sp³-hybridized carbons (Fsp3) is 0.214. The Morgan fingerprint density at radius 3 is 2.90 bits per heavy atom. The van der Waals surface area contributed by atoms with Crippen molar-refractivity contribution in [3.05, 3.63) is 53.3 Å². The molecule has 2 heterocycles. The normalized spacial score (nSPS) is 17.3. The molecule has 1 unspecified atom stereocenters. The molecule has 0 saturated carbocycles. The maximum Gasteiger partial charge on any atom is 0.240 e. The zero-order chi connectivity index (χ0) is 14.9. The maximum atomic E-state index is 12.2. The van der Waals surface area contributed by atoms with Crippen LogP contribution in [0.3, 0.4) is 0 Å². The molecule has 1 aliphatic rings. The molecule has 0 spiro atoms. The Hall–Kier alpha value is -1.63. The number of nitrogens with one attached hydrogen (secondary N) is 1. The SMILES string of the molecule is O=S(=O)(NCC1Cc2ccccc2O1)c1ccnc(Cl)c1. The van der Waals surface area contributed by atoms with Crippen LogP contribution in [0.25, 0.3) is 0 Å². The number of para-hydroxylation sites is 1. The first kappa shape index (κ1) is 14.3. The lowest BCUT2D eigenvalue weighted by molar-refractivity contribution is 0.236. The predicted octanol–water partition coefficient (Wildman–Crippen LogP) is 2.02. The second-order valence-corrected chi connectivity index (χ2v) is 6.87. The zero-order valence-corrected chi connectivity index (χ0v) is 12.6. The number of hydrogen-bond acceptors (Lipinski definition) is 4. The highest BCUT2D eigenvalue weighted by Gasteiger charge is 2.24. The third-order valence-electron chi connectivity index (χ3n) is 3.22. The molecule has 110 valence electrons. The van der Waals surface area contributed by atoms with E-state index in [0.717, 1.165) is 11.3 Å². The minimum atomic E-state index is -3.61. The summed E-state index contributed by atoms with van der Waals surface area (Å²) in [6.07, 6.45) is 1.85. The van der Waals surface area contributed by atoms with E-state index < -0.39 is 10.0 Å². The van der Waals surface area contributed by atoms with E-state index in [0.29, 0.717) is 6.42 Å². The van der Waals surface area contributed by atoms with Crippen molar-refractivity contribution < 1.29 is 13.2 Å². The third kappa shape index (κ3) is 3.18. The van der Waals surface area contributed by atoms with E-state index in [-0.39, 0.29) is 22.7 Å². The number of rotatable bonds is 4. The minimum absolute atomic E-state index is 0.0954. The maximum absolute atomic E-state index is 12.2. The van der Waals surface area contributed by atoms with Gasteiger partial charge in [-0.05, 0) is 23.8 Å². The van der Waals surface area contributed by atoms with Gasteiger partial charge in [0.05, 0.1) is 4.90 Å². The highest BCUT2D eigenvalue weighted by molar-refractivity contribution is 7.89. The molecule has 0 aliphatic carbocycles. The molecule has 5 nitrogen and oxygen atoms in total. The lowest BCUT2D eigenvalue weighted by atomic mass is 10.1. The Bertz CT molecular complexity index is 739. The average Bonchev–Trinajstić information content (AvgIpc) is 2.88. The van der Waals surface area contributed by atoms with Crippen molar-refractivity contribution in [2.45, 2.75) is 17.4 Å². The van der Waals surface area contributed by atoms with E-state index in [4.69, 9.17) is 16.3 Å². The number of ether oxygens (including phenoxy) is 1. The molecule has 1 aromatic heterocycles. The van der Waals surface area contributed by atoms with Crippen molar-refractivity contribution in [1.29, 1.82) is 0 Å². The van der Waals surface area contributed by atoms with E-state index in [1.165, 1.54) is 18.3 Å². The van der Waals surface area contributed by atoms with Gasteiger partial charge in [0.2, 0.25) is 10.0 Å². The van der Waals surface area contributed by atoms with Crippen molar-refractivity contribution in [2.75, 3.05) is 6.54 Å². The summed E-state index contributed by atoms with van der Waals surface area (Å²) in [5.41, 5.74) is 1.09. The van der Waals surface area contributed by atoms with Crippen LogP contribution < -0.4 is 9.46 Å². The number of fused-ring (bicyclic) bond motifs is 1. The van der Waals surface area contributed by atoms with Crippen molar-refractivity contribution in [3.63, 3.8) is 0 Å². The van der Waals surface area contributed by atoms with Crippen LogP contribution in [0.15, 0.2) is 47.5 Å². The standard InChI is InChI=1S/C14H13ClN2O3S/c15-14-8-12(5-6-16-14)21(18,19)17-9-11-7-10-3-1-2-4-13(10)20-11/h1-6,8,11,17H,7,9H2. The van der Waals surface area contributed by atoms with Gasteiger partial charge in [0, 0.05) is 19.2 Å². The van der Waals surface area contributed by atoms with E-state index in [9.17, 15) is 8.42 Å². The van der Waals surface area contributed by atoms with E-state index in [1.54, 1.807) is 0 Å². The second kappa shape index (κ2) is 5.63. The van der Waals surface area contributed by atoms with E-state index in [2.05, 4.69) is 9.71 Å². The molecule has 7 heteroatoms. The summed E-state index contributed by atoms with van der Waals surface area (Å²) in [4.78, 5) is 3.86. The van der Waals surface area contributed by atoms with Crippen molar-refractivity contribution >= 4 is 21.6 Å². The molecule has 0 fully saturated rings. The summed E-state index contributed by atoms with van der Waals surface area (Å²) in [5, 5.41) is 0.141. The number of halogens is 1. The van der Waals surface area contributed by atoms with Gasteiger partial charge in [0.15, 0.2) is 0 Å². The van der Waals surface area contributed by atoms with E-state index >= 15 is 0 Å². The van der Waals surface area contributed by atoms with Crippen LogP contribution in [-0.2, 0) is 16.4 Å². The van der Waals surface area contributed by atoms with Gasteiger partial charge < -0.3 is 4.74 Å². The van der Waals surface area contributed by atoms with Gasteiger partial charge in [-0.15, -0.1) is 0 Å². The van der Waals surface area contributed by atoms with Crippen LogP contribution in [0.1, 0.15) is 5.56 Å². The van der Waals surface area contributed by atoms with Gasteiger partial charge in [-0.2, -0.15) is 0 Å². The minimum Gasteiger partial charge on any atom is -0.488 e. The fourth-order valence-electron chi connectivity index (χ4n) is 2.21. The molecule has 1 atom stereocenters. The van der Waals surface area contributed by atoms with Gasteiger partial charge in [-0.1, -0.05) is 29.8 Å². The zero-order valence-electron chi connectivity index (χ0n) is 11.0. The number of sulfonamides is 1.